The molecule has 0 unspecified atom stereocenters. The van der Waals surface area contributed by atoms with E-state index in [1.54, 1.807) is 0 Å². The number of hydrogen-bond acceptors (Lipinski definition) is 4. The molecular weight excluding hydrogens is 819 g/mol. The van der Waals surface area contributed by atoms with Gasteiger partial charge in [0.2, 0.25) is 0 Å². The Balaban J connectivity index is 1.28. The quantitative estimate of drug-likeness (QED) is 0.187. The maximum absolute atomic E-state index is 12.6. The Morgan fingerprint density at radius 2 is 1.16 bits per heavy atom. The molecule has 5 heteroatoms. The number of phenols is 1. The topological polar surface area (TPSA) is 64.1 Å². The van der Waals surface area contributed by atoms with E-state index in [0.717, 1.165) is 88.7 Å². The molecule has 1 N–H and O–H groups in total. The van der Waals surface area contributed by atoms with Crippen LogP contribution in [0.1, 0.15) is 105 Å². The van der Waals surface area contributed by atoms with E-state index in [4.69, 9.17) is 14.4 Å². The van der Waals surface area contributed by atoms with E-state index in [0.29, 0.717) is 11.4 Å². The highest BCUT2D eigenvalue weighted by atomic mass is 16.3. The van der Waals surface area contributed by atoms with Crippen LogP contribution in [0.2, 0.25) is 0 Å². The molecule has 0 amide bonds. The van der Waals surface area contributed by atoms with Crippen LogP contribution in [0.25, 0.3) is 94.3 Å². The van der Waals surface area contributed by atoms with E-state index in [2.05, 4.69) is 227 Å². The number of nitrogens with zero attached hydrogens (tertiary/aromatic N) is 3. The molecule has 336 valence electrons. The summed E-state index contributed by atoms with van der Waals surface area (Å²) in [6.45, 7) is 26.8. The zero-order valence-corrected chi connectivity index (χ0v) is 41.1. The second-order valence-corrected chi connectivity index (χ2v) is 22.6. The van der Waals surface area contributed by atoms with E-state index in [-0.39, 0.29) is 27.4 Å². The second kappa shape index (κ2) is 15.6. The van der Waals surface area contributed by atoms with E-state index in [1.165, 1.54) is 16.5 Å². The number of phenolic OH excluding ortho intramolecular Hbond substituents is 1. The molecule has 0 saturated heterocycles. The summed E-state index contributed by atoms with van der Waals surface area (Å²) in [6.07, 6.45) is 1.87. The molecule has 67 heavy (non-hydrogen) atoms. The minimum absolute atomic E-state index is 0.0797. The molecule has 0 radical (unpaired) electrons. The van der Waals surface area contributed by atoms with E-state index < -0.39 is 0 Å². The van der Waals surface area contributed by atoms with Crippen LogP contribution in [0, 0.1) is 0 Å². The summed E-state index contributed by atoms with van der Waals surface area (Å²) in [4.78, 5) is 10.8. The lowest BCUT2D eigenvalue weighted by atomic mass is 9.79. The Morgan fingerprint density at radius 1 is 0.493 bits per heavy atom. The number of imidazole rings is 1. The number of fused-ring (bicyclic) bond motifs is 6. The first kappa shape index (κ1) is 43.9. The lowest BCUT2D eigenvalue weighted by molar-refractivity contribution is 0.446. The van der Waals surface area contributed by atoms with Gasteiger partial charge in [-0.05, 0) is 109 Å². The van der Waals surface area contributed by atoms with Crippen LogP contribution in [-0.2, 0) is 21.7 Å². The smallest absolute Gasteiger partial charge is 0.153 e. The fraction of sp³-hybridized carbons (Fsp3) is 0.258. The molecule has 0 aliphatic carbocycles. The molecule has 10 aromatic rings. The van der Waals surface area contributed by atoms with Crippen LogP contribution in [0.15, 0.2) is 150 Å². The highest BCUT2D eigenvalue weighted by molar-refractivity contribution is 6.19. The average Bonchev–Trinajstić information content (AvgIpc) is 3.86. The number of hydrogen-bond donors (Lipinski definition) is 1. The summed E-state index contributed by atoms with van der Waals surface area (Å²) in [6, 6.07) is 50.1. The highest BCUT2D eigenvalue weighted by Crippen LogP contribution is 2.47. The van der Waals surface area contributed by atoms with Crippen LogP contribution in [0.3, 0.4) is 0 Å². The van der Waals surface area contributed by atoms with Crippen molar-refractivity contribution in [2.45, 2.75) is 105 Å². The van der Waals surface area contributed by atoms with Gasteiger partial charge >= 0.3 is 0 Å². The molecule has 5 nitrogen and oxygen atoms in total. The number of para-hydroxylation sites is 1. The Bertz CT molecular complexity index is 3560. The minimum atomic E-state index is -0.331. The van der Waals surface area contributed by atoms with Gasteiger partial charge < -0.3 is 9.52 Å². The highest BCUT2D eigenvalue weighted by Gasteiger charge is 2.30. The van der Waals surface area contributed by atoms with Crippen molar-refractivity contribution in [3.63, 3.8) is 0 Å². The average molecular weight is 880 g/mol. The standard InChI is InChI=1S/C62H61N3O2/c1-59(2,3)41-26-27-51(46(32-41)37-19-14-13-15-20-37)65-52-24-18-23-45(56(52)64-58(65)48-33-43(61(7,8)9)34-49(57(48)66)62(10,11)12)39-29-40(31-42(30-39)60(4,5)6)50-35-47-54(36-63-50)67-53-28-25-38-21-16-17-22-44(38)55(47)53/h13-36,66H,1-12H3. The van der Waals surface area contributed by atoms with Crippen molar-refractivity contribution in [2.24, 2.45) is 0 Å². The van der Waals surface area contributed by atoms with Gasteiger partial charge in [-0.25, -0.2) is 4.98 Å². The zero-order valence-electron chi connectivity index (χ0n) is 41.1. The summed E-state index contributed by atoms with van der Waals surface area (Å²) < 4.78 is 8.68. The third kappa shape index (κ3) is 7.78. The van der Waals surface area contributed by atoms with Gasteiger partial charge in [0, 0.05) is 33.0 Å². The summed E-state index contributed by atoms with van der Waals surface area (Å²) in [5.41, 5.74) is 15.0. The number of furan rings is 1. The first-order chi connectivity index (χ1) is 31.6. The Labute approximate surface area is 395 Å². The van der Waals surface area contributed by atoms with Gasteiger partial charge in [0.1, 0.15) is 17.2 Å². The van der Waals surface area contributed by atoms with Crippen molar-refractivity contribution in [2.75, 3.05) is 0 Å². The molecule has 0 aliphatic rings. The first-order valence-electron chi connectivity index (χ1n) is 23.6. The van der Waals surface area contributed by atoms with Gasteiger partial charge in [-0.15, -0.1) is 0 Å². The molecule has 0 atom stereocenters. The van der Waals surface area contributed by atoms with Gasteiger partial charge in [0.15, 0.2) is 5.58 Å². The number of pyridine rings is 1. The number of aromatic hydroxyl groups is 1. The van der Waals surface area contributed by atoms with Gasteiger partial charge in [-0.3, -0.25) is 9.55 Å². The summed E-state index contributed by atoms with van der Waals surface area (Å²) in [5, 5.41) is 17.1. The Hall–Kier alpha value is -6.98. The van der Waals surface area contributed by atoms with Gasteiger partial charge in [0.05, 0.1) is 34.2 Å². The molecule has 0 spiro atoms. The van der Waals surface area contributed by atoms with Crippen molar-refractivity contribution < 1.29 is 9.52 Å². The number of rotatable bonds is 5. The normalized spacial score (nSPS) is 12.8. The van der Waals surface area contributed by atoms with Crippen LogP contribution in [-0.4, -0.2) is 19.6 Å². The number of benzene rings is 7. The molecule has 7 aromatic carbocycles. The second-order valence-electron chi connectivity index (χ2n) is 22.6. The third-order valence-corrected chi connectivity index (χ3v) is 13.6. The van der Waals surface area contributed by atoms with Crippen LogP contribution < -0.4 is 0 Å². The number of aromatic nitrogens is 3. The zero-order chi connectivity index (χ0) is 47.4. The molecular formula is C62H61N3O2. The maximum atomic E-state index is 12.6. The van der Waals surface area contributed by atoms with Crippen molar-refractivity contribution in [3.05, 3.63) is 168 Å². The van der Waals surface area contributed by atoms with Crippen molar-refractivity contribution in [1.29, 1.82) is 0 Å². The van der Waals surface area contributed by atoms with Crippen LogP contribution >= 0.6 is 0 Å². The van der Waals surface area contributed by atoms with Crippen molar-refractivity contribution in [1.82, 2.24) is 14.5 Å². The molecule has 3 aromatic heterocycles. The van der Waals surface area contributed by atoms with Gasteiger partial charge in [-0.2, -0.15) is 0 Å². The summed E-state index contributed by atoms with van der Waals surface area (Å²) in [7, 11) is 0. The van der Waals surface area contributed by atoms with E-state index in [1.807, 2.05) is 6.20 Å². The predicted molar refractivity (Wildman–Crippen MR) is 282 cm³/mol. The van der Waals surface area contributed by atoms with Crippen molar-refractivity contribution >= 4 is 43.7 Å². The molecule has 0 saturated carbocycles. The van der Waals surface area contributed by atoms with E-state index >= 15 is 0 Å². The Kier molecular flexibility index (Phi) is 10.2. The Morgan fingerprint density at radius 3 is 1.88 bits per heavy atom. The first-order valence-corrected chi connectivity index (χ1v) is 23.6. The summed E-state index contributed by atoms with van der Waals surface area (Å²) >= 11 is 0. The molecule has 10 rings (SSSR count). The minimum Gasteiger partial charge on any atom is -0.507 e. The van der Waals surface area contributed by atoms with Crippen LogP contribution in [0.5, 0.6) is 5.75 Å². The van der Waals surface area contributed by atoms with E-state index in [9.17, 15) is 5.11 Å². The third-order valence-electron chi connectivity index (χ3n) is 13.6. The summed E-state index contributed by atoms with van der Waals surface area (Å²) in [5.74, 6) is 0.944. The molecule has 0 bridgehead atoms. The molecule has 0 aliphatic heterocycles. The fourth-order valence-electron chi connectivity index (χ4n) is 9.59. The SMILES string of the molecule is CC(C)(C)c1cc(-c2cc3c(cn2)oc2ccc4ccccc4c23)cc(-c2cccc3c2nc(-c2cc(C(C)(C)C)cc(C(C)(C)C)c2O)n3-c2ccc(C(C)(C)C)cc2-c2ccccc2)c1. The predicted octanol–water partition coefficient (Wildman–Crippen LogP) is 17.0. The van der Waals surface area contributed by atoms with Gasteiger partial charge in [-0.1, -0.05) is 174 Å². The van der Waals surface area contributed by atoms with Crippen molar-refractivity contribution in [3.8, 4) is 56.3 Å². The monoisotopic (exact) mass is 879 g/mol. The lowest BCUT2D eigenvalue weighted by Gasteiger charge is -2.28. The molecule has 3 heterocycles. The van der Waals surface area contributed by atoms with Crippen LogP contribution in [0.4, 0.5) is 0 Å². The largest absolute Gasteiger partial charge is 0.507 e. The lowest BCUT2D eigenvalue weighted by Crippen LogP contribution is -2.17. The molecule has 0 fully saturated rings. The van der Waals surface area contributed by atoms with Gasteiger partial charge in [0.25, 0.3) is 0 Å². The maximum Gasteiger partial charge on any atom is 0.153 e. The fourth-order valence-corrected chi connectivity index (χ4v) is 9.59.